The standard InChI is InChI=1S/C16H23N3O/c1-13-6-5-9-15(12-13)20-11-10-18-16(17-2)19-14-7-3-4-8-14/h3-6,9,12,14H,7-8,10-11H2,1-2H3,(H2,17,18,19). The normalized spacial score (nSPS) is 15.4. The highest BCUT2D eigenvalue weighted by Gasteiger charge is 2.11. The van der Waals surface area contributed by atoms with Crippen molar-refractivity contribution in [2.75, 3.05) is 20.2 Å². The van der Waals surface area contributed by atoms with Gasteiger partial charge in [0.15, 0.2) is 5.96 Å². The number of guanidine groups is 1. The fourth-order valence-corrected chi connectivity index (χ4v) is 2.17. The molecule has 0 aromatic heterocycles. The molecule has 0 amide bonds. The molecule has 0 spiro atoms. The van der Waals surface area contributed by atoms with Gasteiger partial charge in [-0.25, -0.2) is 0 Å². The van der Waals surface area contributed by atoms with E-state index in [-0.39, 0.29) is 0 Å². The summed E-state index contributed by atoms with van der Waals surface area (Å²) in [6.07, 6.45) is 6.54. The molecule has 4 heteroatoms. The average molecular weight is 273 g/mol. The Balaban J connectivity index is 1.66. The molecule has 1 aromatic carbocycles. The first-order valence-electron chi connectivity index (χ1n) is 7.09. The van der Waals surface area contributed by atoms with Gasteiger partial charge in [-0.2, -0.15) is 0 Å². The molecule has 0 bridgehead atoms. The van der Waals surface area contributed by atoms with E-state index in [4.69, 9.17) is 4.74 Å². The van der Waals surface area contributed by atoms with Gasteiger partial charge in [-0.3, -0.25) is 4.99 Å². The lowest BCUT2D eigenvalue weighted by atomic mass is 10.2. The summed E-state index contributed by atoms with van der Waals surface area (Å²) in [5.74, 6) is 1.75. The number of hydrogen-bond acceptors (Lipinski definition) is 2. The smallest absolute Gasteiger partial charge is 0.191 e. The quantitative estimate of drug-likeness (QED) is 0.374. The first-order valence-corrected chi connectivity index (χ1v) is 7.09. The molecule has 0 aliphatic heterocycles. The second-order valence-corrected chi connectivity index (χ2v) is 4.95. The Morgan fingerprint density at radius 2 is 2.15 bits per heavy atom. The summed E-state index contributed by atoms with van der Waals surface area (Å²) in [5.41, 5.74) is 1.21. The van der Waals surface area contributed by atoms with Crippen LogP contribution in [0.1, 0.15) is 18.4 Å². The lowest BCUT2D eigenvalue weighted by Crippen LogP contribution is -2.43. The summed E-state index contributed by atoms with van der Waals surface area (Å²) < 4.78 is 5.69. The third kappa shape index (κ3) is 4.61. The van der Waals surface area contributed by atoms with Crippen molar-refractivity contribution in [3.63, 3.8) is 0 Å². The molecule has 2 rings (SSSR count). The molecule has 0 fully saturated rings. The van der Waals surface area contributed by atoms with Gasteiger partial charge in [-0.05, 0) is 37.5 Å². The van der Waals surface area contributed by atoms with Crippen molar-refractivity contribution in [1.82, 2.24) is 10.6 Å². The van der Waals surface area contributed by atoms with E-state index < -0.39 is 0 Å². The Bertz CT molecular complexity index is 474. The van der Waals surface area contributed by atoms with Crippen molar-refractivity contribution >= 4 is 5.96 Å². The Morgan fingerprint density at radius 1 is 1.35 bits per heavy atom. The van der Waals surface area contributed by atoms with Gasteiger partial charge in [-0.15, -0.1) is 0 Å². The van der Waals surface area contributed by atoms with Crippen LogP contribution in [0.3, 0.4) is 0 Å². The van der Waals surface area contributed by atoms with Gasteiger partial charge >= 0.3 is 0 Å². The van der Waals surface area contributed by atoms with Crippen LogP contribution in [0, 0.1) is 6.92 Å². The first-order chi connectivity index (χ1) is 9.78. The third-order valence-corrected chi connectivity index (χ3v) is 3.23. The van der Waals surface area contributed by atoms with Gasteiger partial charge in [0, 0.05) is 13.1 Å². The number of aryl methyl sites for hydroxylation is 1. The van der Waals surface area contributed by atoms with Crippen LogP contribution in [0.2, 0.25) is 0 Å². The fraction of sp³-hybridized carbons (Fsp3) is 0.438. The van der Waals surface area contributed by atoms with E-state index in [0.29, 0.717) is 12.6 Å². The number of aliphatic imine (C=N–C) groups is 1. The summed E-state index contributed by atoms with van der Waals surface area (Å²) in [5, 5.41) is 6.66. The SMILES string of the molecule is CN=C(NCCOc1cccc(C)c1)NC1CC=CC1. The summed E-state index contributed by atoms with van der Waals surface area (Å²) in [6.45, 7) is 3.41. The molecular formula is C16H23N3O. The van der Waals surface area contributed by atoms with E-state index in [1.165, 1.54) is 5.56 Å². The van der Waals surface area contributed by atoms with Crippen molar-refractivity contribution in [3.8, 4) is 5.75 Å². The molecule has 0 unspecified atom stereocenters. The Labute approximate surface area is 120 Å². The zero-order valence-corrected chi connectivity index (χ0v) is 12.2. The van der Waals surface area contributed by atoms with Crippen LogP contribution in [0.25, 0.3) is 0 Å². The van der Waals surface area contributed by atoms with E-state index in [2.05, 4.69) is 40.8 Å². The highest BCUT2D eigenvalue weighted by molar-refractivity contribution is 5.80. The van der Waals surface area contributed by atoms with Gasteiger partial charge in [0.05, 0.1) is 6.54 Å². The summed E-state index contributed by atoms with van der Waals surface area (Å²) in [6, 6.07) is 8.55. The van der Waals surface area contributed by atoms with E-state index in [0.717, 1.165) is 31.1 Å². The molecule has 20 heavy (non-hydrogen) atoms. The summed E-state index contributed by atoms with van der Waals surface area (Å²) >= 11 is 0. The molecule has 1 aliphatic carbocycles. The zero-order valence-electron chi connectivity index (χ0n) is 12.2. The maximum Gasteiger partial charge on any atom is 0.191 e. The van der Waals surface area contributed by atoms with E-state index in [9.17, 15) is 0 Å². The first kappa shape index (κ1) is 14.4. The van der Waals surface area contributed by atoms with Crippen LogP contribution in [0.5, 0.6) is 5.75 Å². The number of ether oxygens (including phenoxy) is 1. The van der Waals surface area contributed by atoms with E-state index in [1.807, 2.05) is 18.2 Å². The Kier molecular flexibility index (Phi) is 5.47. The molecule has 1 aromatic rings. The van der Waals surface area contributed by atoms with Crippen LogP contribution in [0.15, 0.2) is 41.4 Å². The average Bonchev–Trinajstić information content (AvgIpc) is 2.95. The minimum absolute atomic E-state index is 0.471. The maximum atomic E-state index is 5.69. The summed E-state index contributed by atoms with van der Waals surface area (Å²) in [4.78, 5) is 4.22. The van der Waals surface area contributed by atoms with Crippen molar-refractivity contribution < 1.29 is 4.74 Å². The van der Waals surface area contributed by atoms with Crippen LogP contribution >= 0.6 is 0 Å². The predicted molar refractivity (Wildman–Crippen MR) is 83.3 cm³/mol. The monoisotopic (exact) mass is 273 g/mol. The number of benzene rings is 1. The molecule has 0 heterocycles. The second kappa shape index (κ2) is 7.58. The van der Waals surface area contributed by atoms with E-state index in [1.54, 1.807) is 7.05 Å². The van der Waals surface area contributed by atoms with Gasteiger partial charge in [0.1, 0.15) is 12.4 Å². The lowest BCUT2D eigenvalue weighted by Gasteiger charge is -2.17. The number of nitrogens with one attached hydrogen (secondary N) is 2. The highest BCUT2D eigenvalue weighted by Crippen LogP contribution is 2.11. The fourth-order valence-electron chi connectivity index (χ4n) is 2.17. The molecular weight excluding hydrogens is 250 g/mol. The van der Waals surface area contributed by atoms with Gasteiger partial charge in [0.2, 0.25) is 0 Å². The minimum atomic E-state index is 0.471. The topological polar surface area (TPSA) is 45.7 Å². The Morgan fingerprint density at radius 3 is 2.85 bits per heavy atom. The highest BCUT2D eigenvalue weighted by atomic mass is 16.5. The van der Waals surface area contributed by atoms with Crippen molar-refractivity contribution in [2.24, 2.45) is 4.99 Å². The van der Waals surface area contributed by atoms with Crippen molar-refractivity contribution in [1.29, 1.82) is 0 Å². The molecule has 4 nitrogen and oxygen atoms in total. The molecule has 108 valence electrons. The van der Waals surface area contributed by atoms with Crippen LogP contribution in [-0.2, 0) is 0 Å². The predicted octanol–water partition coefficient (Wildman–Crippen LogP) is 2.26. The molecule has 1 aliphatic rings. The lowest BCUT2D eigenvalue weighted by molar-refractivity contribution is 0.321. The number of rotatable bonds is 5. The van der Waals surface area contributed by atoms with Gasteiger partial charge < -0.3 is 15.4 Å². The van der Waals surface area contributed by atoms with Crippen LogP contribution in [-0.4, -0.2) is 32.2 Å². The maximum absolute atomic E-state index is 5.69. The number of hydrogen-bond donors (Lipinski definition) is 2. The minimum Gasteiger partial charge on any atom is -0.492 e. The van der Waals surface area contributed by atoms with Crippen molar-refractivity contribution in [2.45, 2.75) is 25.8 Å². The van der Waals surface area contributed by atoms with Crippen LogP contribution in [0.4, 0.5) is 0 Å². The molecule has 2 N–H and O–H groups in total. The largest absolute Gasteiger partial charge is 0.492 e. The van der Waals surface area contributed by atoms with Gasteiger partial charge in [0.25, 0.3) is 0 Å². The molecule has 0 saturated carbocycles. The second-order valence-electron chi connectivity index (χ2n) is 4.95. The van der Waals surface area contributed by atoms with E-state index >= 15 is 0 Å². The summed E-state index contributed by atoms with van der Waals surface area (Å²) in [7, 11) is 1.79. The van der Waals surface area contributed by atoms with Gasteiger partial charge in [-0.1, -0.05) is 24.3 Å². The Hall–Kier alpha value is -1.97. The zero-order chi connectivity index (χ0) is 14.2. The molecule has 0 saturated heterocycles. The third-order valence-electron chi connectivity index (χ3n) is 3.23. The van der Waals surface area contributed by atoms with Crippen LogP contribution < -0.4 is 15.4 Å². The molecule has 0 atom stereocenters. The molecule has 0 radical (unpaired) electrons. The number of nitrogens with zero attached hydrogens (tertiary/aromatic N) is 1. The van der Waals surface area contributed by atoms with Crippen molar-refractivity contribution in [3.05, 3.63) is 42.0 Å².